The van der Waals surface area contributed by atoms with Gasteiger partial charge in [0.15, 0.2) is 0 Å². The normalized spacial score (nSPS) is 11.1. The minimum absolute atomic E-state index is 0.0691. The second-order valence-corrected chi connectivity index (χ2v) is 5.18. The summed E-state index contributed by atoms with van der Waals surface area (Å²) in [4.78, 5) is 10.5. The van der Waals surface area contributed by atoms with Crippen molar-refractivity contribution in [3.05, 3.63) is 50.0 Å². The summed E-state index contributed by atoms with van der Waals surface area (Å²) in [7, 11) is 0. The van der Waals surface area contributed by atoms with Crippen molar-refractivity contribution in [3.63, 3.8) is 0 Å². The van der Waals surface area contributed by atoms with Crippen LogP contribution in [0.15, 0.2) is 18.2 Å². The molecule has 0 aliphatic rings. The monoisotopic (exact) mass is 317 g/mol. The van der Waals surface area contributed by atoms with Crippen LogP contribution in [0, 0.1) is 15.9 Å². The average molecular weight is 318 g/mol. The second-order valence-electron chi connectivity index (χ2n) is 4.42. The van der Waals surface area contributed by atoms with E-state index in [0.717, 1.165) is 4.68 Å². The highest BCUT2D eigenvalue weighted by Gasteiger charge is 2.30. The van der Waals surface area contributed by atoms with Crippen molar-refractivity contribution in [1.82, 2.24) is 9.78 Å². The van der Waals surface area contributed by atoms with Gasteiger partial charge in [-0.3, -0.25) is 10.1 Å². The number of hydrogen-bond donors (Lipinski definition) is 0. The van der Waals surface area contributed by atoms with Crippen LogP contribution in [0.2, 0.25) is 10.2 Å². The number of hydrogen-bond acceptors (Lipinski definition) is 3. The third-order valence-electron chi connectivity index (χ3n) is 2.71. The zero-order valence-electron chi connectivity index (χ0n) is 10.6. The summed E-state index contributed by atoms with van der Waals surface area (Å²) in [5.74, 6) is -0.896. The number of benzene rings is 1. The van der Waals surface area contributed by atoms with Gasteiger partial charge in [-0.25, -0.2) is 9.07 Å². The van der Waals surface area contributed by atoms with Gasteiger partial charge in [0.25, 0.3) is 0 Å². The summed E-state index contributed by atoms with van der Waals surface area (Å²) in [6.45, 7) is 3.47. The molecule has 0 radical (unpaired) electrons. The molecule has 0 aliphatic heterocycles. The summed E-state index contributed by atoms with van der Waals surface area (Å²) < 4.78 is 14.9. The Morgan fingerprint density at radius 1 is 1.40 bits per heavy atom. The molecule has 0 atom stereocenters. The van der Waals surface area contributed by atoms with E-state index in [4.69, 9.17) is 23.2 Å². The number of halogens is 3. The molecule has 1 heterocycles. The third-order valence-corrected chi connectivity index (χ3v) is 3.35. The first kappa shape index (κ1) is 14.7. The first-order valence-electron chi connectivity index (χ1n) is 5.71. The largest absolute Gasteiger partial charge is 0.329 e. The maximum absolute atomic E-state index is 13.9. The van der Waals surface area contributed by atoms with Crippen molar-refractivity contribution in [1.29, 1.82) is 0 Å². The number of aromatic nitrogens is 2. The highest BCUT2D eigenvalue weighted by molar-refractivity contribution is 6.34. The molecule has 0 saturated heterocycles. The summed E-state index contributed by atoms with van der Waals surface area (Å²) >= 11 is 11.9. The first-order chi connectivity index (χ1) is 9.34. The minimum Gasteiger partial charge on any atom is -0.258 e. The van der Waals surface area contributed by atoms with Gasteiger partial charge in [-0.1, -0.05) is 43.1 Å². The van der Waals surface area contributed by atoms with Crippen molar-refractivity contribution >= 4 is 28.9 Å². The lowest BCUT2D eigenvalue weighted by atomic mass is 10.1. The van der Waals surface area contributed by atoms with E-state index in [1.807, 2.05) is 0 Å². The molecule has 0 bridgehead atoms. The van der Waals surface area contributed by atoms with Gasteiger partial charge >= 0.3 is 5.69 Å². The van der Waals surface area contributed by atoms with Crippen LogP contribution in [0.5, 0.6) is 0 Å². The lowest BCUT2D eigenvalue weighted by molar-refractivity contribution is -0.385. The summed E-state index contributed by atoms with van der Waals surface area (Å²) in [5.41, 5.74) is -0.255. The molecule has 1 aromatic carbocycles. The van der Waals surface area contributed by atoms with Crippen molar-refractivity contribution in [2.45, 2.75) is 19.8 Å². The predicted molar refractivity (Wildman–Crippen MR) is 74.3 cm³/mol. The number of rotatable bonds is 3. The predicted octanol–water partition coefficient (Wildman–Crippen LogP) is 4.35. The molecule has 0 aliphatic carbocycles. The van der Waals surface area contributed by atoms with Crippen LogP contribution in [0.4, 0.5) is 10.1 Å². The molecular weight excluding hydrogens is 308 g/mol. The van der Waals surface area contributed by atoms with E-state index < -0.39 is 10.7 Å². The first-order valence-corrected chi connectivity index (χ1v) is 6.47. The summed E-state index contributed by atoms with van der Waals surface area (Å²) in [6, 6.07) is 4.06. The van der Waals surface area contributed by atoms with Crippen molar-refractivity contribution in [3.8, 4) is 5.69 Å². The summed E-state index contributed by atoms with van der Waals surface area (Å²) in [5, 5.41) is 14.9. The molecule has 0 unspecified atom stereocenters. The molecule has 106 valence electrons. The van der Waals surface area contributed by atoms with Gasteiger partial charge in [-0.15, -0.1) is 0 Å². The fourth-order valence-electron chi connectivity index (χ4n) is 1.80. The Kier molecular flexibility index (Phi) is 3.96. The molecule has 0 saturated carbocycles. The van der Waals surface area contributed by atoms with Crippen LogP contribution in [0.3, 0.4) is 0 Å². The van der Waals surface area contributed by atoms with Gasteiger partial charge in [0.1, 0.15) is 17.2 Å². The summed E-state index contributed by atoms with van der Waals surface area (Å²) in [6.07, 6.45) is 0. The van der Waals surface area contributed by atoms with Crippen LogP contribution >= 0.6 is 23.2 Å². The SMILES string of the molecule is CC(C)c1nn(-c2c(F)cccc2Cl)c(Cl)c1[N+](=O)[O-]. The number of nitro groups is 1. The molecule has 1 aromatic heterocycles. The second kappa shape index (κ2) is 5.38. The van der Waals surface area contributed by atoms with E-state index in [-0.39, 0.29) is 33.2 Å². The molecule has 20 heavy (non-hydrogen) atoms. The molecule has 0 fully saturated rings. The lowest BCUT2D eigenvalue weighted by Crippen LogP contribution is -2.02. The highest BCUT2D eigenvalue weighted by atomic mass is 35.5. The molecule has 0 amide bonds. The third kappa shape index (κ3) is 2.36. The highest BCUT2D eigenvalue weighted by Crippen LogP contribution is 2.36. The van der Waals surface area contributed by atoms with Crippen LogP contribution in [0.25, 0.3) is 5.69 Å². The van der Waals surface area contributed by atoms with Crippen molar-refractivity contribution in [2.75, 3.05) is 0 Å². The van der Waals surface area contributed by atoms with Gasteiger partial charge in [-0.05, 0) is 12.1 Å². The Labute approximate surface area is 124 Å². The van der Waals surface area contributed by atoms with Gasteiger partial charge in [-0.2, -0.15) is 5.10 Å². The Hall–Kier alpha value is -1.66. The van der Waals surface area contributed by atoms with Gasteiger partial charge in [0.05, 0.1) is 9.95 Å². The van der Waals surface area contributed by atoms with Crippen LogP contribution < -0.4 is 0 Å². The number of para-hydroxylation sites is 1. The van der Waals surface area contributed by atoms with Crippen LogP contribution in [-0.2, 0) is 0 Å². The van der Waals surface area contributed by atoms with Crippen LogP contribution in [-0.4, -0.2) is 14.7 Å². The smallest absolute Gasteiger partial charge is 0.258 e. The Morgan fingerprint density at radius 3 is 2.50 bits per heavy atom. The fourth-order valence-corrected chi connectivity index (χ4v) is 2.33. The van der Waals surface area contributed by atoms with Crippen molar-refractivity contribution in [2.24, 2.45) is 0 Å². The number of nitrogens with zero attached hydrogens (tertiary/aromatic N) is 3. The minimum atomic E-state index is -0.660. The van der Waals surface area contributed by atoms with E-state index in [1.165, 1.54) is 18.2 Å². The zero-order chi connectivity index (χ0) is 15.0. The van der Waals surface area contributed by atoms with Crippen LogP contribution in [0.1, 0.15) is 25.5 Å². The maximum atomic E-state index is 13.9. The van der Waals surface area contributed by atoms with E-state index in [0.29, 0.717) is 0 Å². The van der Waals surface area contributed by atoms with E-state index in [9.17, 15) is 14.5 Å². The Morgan fingerprint density at radius 2 is 2.05 bits per heavy atom. The molecule has 2 aromatic rings. The topological polar surface area (TPSA) is 61.0 Å². The molecule has 2 rings (SSSR count). The zero-order valence-corrected chi connectivity index (χ0v) is 12.1. The average Bonchev–Trinajstić information content (AvgIpc) is 2.67. The molecule has 5 nitrogen and oxygen atoms in total. The van der Waals surface area contributed by atoms with Gasteiger partial charge < -0.3 is 0 Å². The maximum Gasteiger partial charge on any atom is 0.329 e. The quantitative estimate of drug-likeness (QED) is 0.624. The van der Waals surface area contributed by atoms with E-state index >= 15 is 0 Å². The molecular formula is C12H10Cl2FN3O2. The standard InChI is InChI=1S/C12H10Cl2FN3O2/c1-6(2)9-11(18(19)20)12(14)17(16-9)10-7(13)4-3-5-8(10)15/h3-6H,1-2H3. The lowest BCUT2D eigenvalue weighted by Gasteiger charge is -2.06. The van der Waals surface area contributed by atoms with Crippen molar-refractivity contribution < 1.29 is 9.31 Å². The Balaban J connectivity index is 2.77. The molecule has 8 heteroatoms. The molecule has 0 spiro atoms. The van der Waals surface area contributed by atoms with Gasteiger partial charge in [0.2, 0.25) is 5.15 Å². The molecule has 0 N–H and O–H groups in total. The Bertz CT molecular complexity index is 665. The van der Waals surface area contributed by atoms with Gasteiger partial charge in [0, 0.05) is 5.92 Å². The fraction of sp³-hybridized carbons (Fsp3) is 0.250. The van der Waals surface area contributed by atoms with E-state index in [2.05, 4.69) is 5.10 Å². The van der Waals surface area contributed by atoms with E-state index in [1.54, 1.807) is 13.8 Å².